The van der Waals surface area contributed by atoms with Gasteiger partial charge in [0, 0.05) is 30.9 Å². The van der Waals surface area contributed by atoms with Crippen molar-refractivity contribution >= 4 is 11.6 Å². The van der Waals surface area contributed by atoms with E-state index in [1.54, 1.807) is 12.1 Å². The molecule has 0 radical (unpaired) electrons. The highest BCUT2D eigenvalue weighted by molar-refractivity contribution is 5.92. The molecule has 1 aliphatic heterocycles. The third kappa shape index (κ3) is 5.49. The summed E-state index contributed by atoms with van der Waals surface area (Å²) in [6.07, 6.45) is 0.596. The molecule has 3 aromatic rings. The van der Waals surface area contributed by atoms with Crippen molar-refractivity contribution in [3.63, 3.8) is 0 Å². The Labute approximate surface area is 175 Å². The van der Waals surface area contributed by atoms with Crippen LogP contribution in [0.15, 0.2) is 72.8 Å². The smallest absolute Gasteiger partial charge is 0.238 e. The van der Waals surface area contributed by atoms with Crippen molar-refractivity contribution in [2.75, 3.05) is 31.6 Å². The summed E-state index contributed by atoms with van der Waals surface area (Å²) in [5, 5.41) is 2.80. The van der Waals surface area contributed by atoms with Gasteiger partial charge in [0.15, 0.2) is 0 Å². The molecule has 1 fully saturated rings. The van der Waals surface area contributed by atoms with Gasteiger partial charge in [-0.15, -0.1) is 0 Å². The second kappa shape index (κ2) is 9.61. The minimum atomic E-state index is -0.328. The monoisotopic (exact) mass is 405 g/mol. The summed E-state index contributed by atoms with van der Waals surface area (Å²) in [5.41, 5.74) is 3.67. The molecule has 4 rings (SSSR count). The number of morpholine rings is 1. The normalized spacial score (nSPS) is 16.9. The molecule has 2 aromatic carbocycles. The zero-order chi connectivity index (χ0) is 20.8. The average molecular weight is 405 g/mol. The number of carbonyl (C=O) groups is 1. The minimum Gasteiger partial charge on any atom is -0.369 e. The first-order valence-electron chi connectivity index (χ1n) is 10.0. The number of hydrogen-bond donors (Lipinski definition) is 1. The highest BCUT2D eigenvalue weighted by Gasteiger charge is 2.24. The third-order valence-electron chi connectivity index (χ3n) is 5.03. The predicted octanol–water partition coefficient (Wildman–Crippen LogP) is 3.82. The van der Waals surface area contributed by atoms with Crippen molar-refractivity contribution in [2.45, 2.75) is 12.5 Å². The van der Waals surface area contributed by atoms with Crippen molar-refractivity contribution < 1.29 is 13.9 Å². The van der Waals surface area contributed by atoms with Crippen molar-refractivity contribution in [2.24, 2.45) is 0 Å². The van der Waals surface area contributed by atoms with Crippen LogP contribution in [0.5, 0.6) is 0 Å². The molecule has 1 aliphatic rings. The van der Waals surface area contributed by atoms with Crippen molar-refractivity contribution in [1.29, 1.82) is 0 Å². The molecule has 1 saturated heterocycles. The maximum Gasteiger partial charge on any atom is 0.238 e. The first-order valence-corrected chi connectivity index (χ1v) is 10.0. The average Bonchev–Trinajstić information content (AvgIpc) is 2.76. The van der Waals surface area contributed by atoms with Crippen LogP contribution in [0.2, 0.25) is 0 Å². The van der Waals surface area contributed by atoms with Gasteiger partial charge >= 0.3 is 0 Å². The number of halogens is 1. The van der Waals surface area contributed by atoms with E-state index in [2.05, 4.69) is 22.3 Å². The maximum atomic E-state index is 13.0. The summed E-state index contributed by atoms with van der Waals surface area (Å²) in [7, 11) is 0. The molecule has 0 unspecified atom stereocenters. The Kier molecular flexibility index (Phi) is 6.47. The van der Waals surface area contributed by atoms with Gasteiger partial charge in [0.1, 0.15) is 11.9 Å². The molecule has 0 spiro atoms. The van der Waals surface area contributed by atoms with E-state index in [-0.39, 0.29) is 24.4 Å². The summed E-state index contributed by atoms with van der Waals surface area (Å²) in [6.45, 7) is 2.07. The van der Waals surface area contributed by atoms with Crippen LogP contribution < -0.4 is 5.32 Å². The molecule has 1 aromatic heterocycles. The second-order valence-electron chi connectivity index (χ2n) is 7.37. The molecule has 0 bridgehead atoms. The van der Waals surface area contributed by atoms with Crippen LogP contribution in [0.4, 0.5) is 10.1 Å². The van der Waals surface area contributed by atoms with Crippen LogP contribution in [0.1, 0.15) is 23.1 Å². The SMILES string of the molecule is O=C(CN1CCO[C@@H](c2cccc(Cc3ccccc3)n2)C1)Nc1ccc(F)cc1. The Morgan fingerprint density at radius 1 is 1.07 bits per heavy atom. The Morgan fingerprint density at radius 3 is 2.67 bits per heavy atom. The van der Waals surface area contributed by atoms with E-state index in [1.165, 1.54) is 17.7 Å². The fraction of sp³-hybridized carbons (Fsp3) is 0.250. The summed E-state index contributed by atoms with van der Waals surface area (Å²) < 4.78 is 18.9. The van der Waals surface area contributed by atoms with Gasteiger partial charge in [0.2, 0.25) is 5.91 Å². The van der Waals surface area contributed by atoms with Gasteiger partial charge in [0.05, 0.1) is 18.8 Å². The van der Waals surface area contributed by atoms with E-state index in [0.29, 0.717) is 25.4 Å². The van der Waals surface area contributed by atoms with Gasteiger partial charge in [-0.05, 0) is 42.0 Å². The van der Waals surface area contributed by atoms with Crippen LogP contribution in [0, 0.1) is 5.82 Å². The number of carbonyl (C=O) groups excluding carboxylic acids is 1. The fourth-order valence-electron chi connectivity index (χ4n) is 3.54. The van der Waals surface area contributed by atoms with Gasteiger partial charge < -0.3 is 10.1 Å². The number of pyridine rings is 1. The molecular formula is C24H24FN3O2. The molecule has 30 heavy (non-hydrogen) atoms. The van der Waals surface area contributed by atoms with Crippen molar-refractivity contribution in [3.8, 4) is 0 Å². The molecule has 154 valence electrons. The van der Waals surface area contributed by atoms with Crippen molar-refractivity contribution in [3.05, 3.63) is 95.6 Å². The second-order valence-corrected chi connectivity index (χ2v) is 7.37. The molecule has 1 N–H and O–H groups in total. The maximum absolute atomic E-state index is 13.0. The number of rotatable bonds is 6. The van der Waals surface area contributed by atoms with Crippen molar-refractivity contribution in [1.82, 2.24) is 9.88 Å². The molecule has 1 atom stereocenters. The lowest BCUT2D eigenvalue weighted by Gasteiger charge is -2.32. The summed E-state index contributed by atoms with van der Waals surface area (Å²) in [5.74, 6) is -0.459. The van der Waals surface area contributed by atoms with E-state index in [1.807, 2.05) is 36.4 Å². The van der Waals surface area contributed by atoms with Gasteiger partial charge in [-0.3, -0.25) is 14.7 Å². The zero-order valence-corrected chi connectivity index (χ0v) is 16.6. The van der Waals surface area contributed by atoms with Crippen LogP contribution in [0.3, 0.4) is 0 Å². The predicted molar refractivity (Wildman–Crippen MR) is 114 cm³/mol. The number of ether oxygens (including phenoxy) is 1. The standard InChI is InChI=1S/C24H24FN3O2/c25-19-9-11-20(12-10-19)27-24(29)17-28-13-14-30-23(16-28)22-8-4-7-21(26-22)15-18-5-2-1-3-6-18/h1-12,23H,13-17H2,(H,27,29)/t23-/m1/s1. The number of nitrogens with one attached hydrogen (secondary N) is 1. The molecule has 0 aliphatic carbocycles. The van der Waals surface area contributed by atoms with E-state index >= 15 is 0 Å². The molecule has 6 heteroatoms. The Balaban J connectivity index is 1.36. The Bertz CT molecular complexity index is 979. The fourth-order valence-corrected chi connectivity index (χ4v) is 3.54. The molecule has 2 heterocycles. The lowest BCUT2D eigenvalue weighted by Crippen LogP contribution is -2.42. The Hall–Kier alpha value is -3.09. The summed E-state index contributed by atoms with van der Waals surface area (Å²) >= 11 is 0. The lowest BCUT2D eigenvalue weighted by molar-refractivity contribution is -0.119. The topological polar surface area (TPSA) is 54.5 Å². The quantitative estimate of drug-likeness (QED) is 0.677. The highest BCUT2D eigenvalue weighted by atomic mass is 19.1. The lowest BCUT2D eigenvalue weighted by atomic mass is 10.1. The molecule has 1 amide bonds. The van der Waals surface area contributed by atoms with Crippen LogP contribution in [-0.2, 0) is 16.0 Å². The molecular weight excluding hydrogens is 381 g/mol. The number of anilines is 1. The van der Waals surface area contributed by atoms with Gasteiger partial charge in [-0.25, -0.2) is 4.39 Å². The minimum absolute atomic E-state index is 0.131. The number of hydrogen-bond acceptors (Lipinski definition) is 4. The van der Waals surface area contributed by atoms with E-state index in [4.69, 9.17) is 9.72 Å². The summed E-state index contributed by atoms with van der Waals surface area (Å²) in [4.78, 5) is 19.2. The van der Waals surface area contributed by atoms with Crippen LogP contribution in [0.25, 0.3) is 0 Å². The van der Waals surface area contributed by atoms with Gasteiger partial charge in [-0.1, -0.05) is 36.4 Å². The molecule has 0 saturated carbocycles. The number of amides is 1. The van der Waals surface area contributed by atoms with E-state index < -0.39 is 0 Å². The van der Waals surface area contributed by atoms with Gasteiger partial charge in [-0.2, -0.15) is 0 Å². The largest absolute Gasteiger partial charge is 0.369 e. The van der Waals surface area contributed by atoms with E-state index in [0.717, 1.165) is 17.8 Å². The Morgan fingerprint density at radius 2 is 1.87 bits per heavy atom. The highest BCUT2D eigenvalue weighted by Crippen LogP contribution is 2.21. The first kappa shape index (κ1) is 20.2. The van der Waals surface area contributed by atoms with Gasteiger partial charge in [0.25, 0.3) is 0 Å². The number of benzene rings is 2. The number of nitrogens with zero attached hydrogens (tertiary/aromatic N) is 2. The first-order chi connectivity index (χ1) is 14.7. The zero-order valence-electron chi connectivity index (χ0n) is 16.6. The number of aromatic nitrogens is 1. The summed E-state index contributed by atoms with van der Waals surface area (Å²) in [6, 6.07) is 22.0. The van der Waals surface area contributed by atoms with Crippen LogP contribution >= 0.6 is 0 Å². The van der Waals surface area contributed by atoms with Crippen LogP contribution in [-0.4, -0.2) is 42.0 Å². The molecule has 5 nitrogen and oxygen atoms in total. The third-order valence-corrected chi connectivity index (χ3v) is 5.03. The van der Waals surface area contributed by atoms with E-state index in [9.17, 15) is 9.18 Å².